The number of rotatable bonds is 5. The van der Waals surface area contributed by atoms with Gasteiger partial charge in [0, 0.05) is 0 Å². The van der Waals surface area contributed by atoms with Crippen LogP contribution in [-0.2, 0) is 19.0 Å². The zero-order chi connectivity index (χ0) is 32.9. The number of aliphatic hydroxyl groups excluding tert-OH is 4. The Morgan fingerprint density at radius 1 is 0.844 bits per heavy atom. The van der Waals surface area contributed by atoms with Gasteiger partial charge in [-0.1, -0.05) is 46.8 Å². The van der Waals surface area contributed by atoms with Crippen LogP contribution in [0.1, 0.15) is 106 Å². The number of aliphatic hydroxyl groups is 4. The van der Waals surface area contributed by atoms with Crippen molar-refractivity contribution >= 4 is 5.97 Å². The molecule has 256 valence electrons. The van der Waals surface area contributed by atoms with Crippen molar-refractivity contribution < 1.29 is 39.4 Å². The number of esters is 1. The molecule has 0 radical (unpaired) electrons. The van der Waals surface area contributed by atoms with Crippen LogP contribution in [0.3, 0.4) is 0 Å². The minimum atomic E-state index is -1.44. The molecule has 0 aromatic rings. The van der Waals surface area contributed by atoms with Crippen LogP contribution in [0.2, 0.25) is 0 Å². The fraction of sp³-hybridized carbons (Fsp3) is 0.919. The highest BCUT2D eigenvalue weighted by Gasteiger charge is 2.72. The summed E-state index contributed by atoms with van der Waals surface area (Å²) in [5.74, 6) is 2.08. The van der Waals surface area contributed by atoms with Crippen LogP contribution in [0.15, 0.2) is 12.2 Å². The topological polar surface area (TPSA) is 126 Å². The van der Waals surface area contributed by atoms with E-state index in [0.29, 0.717) is 29.6 Å². The van der Waals surface area contributed by atoms with Gasteiger partial charge in [0.15, 0.2) is 6.29 Å². The van der Waals surface area contributed by atoms with E-state index in [0.717, 1.165) is 64.2 Å². The highest BCUT2D eigenvalue weighted by molar-refractivity contribution is 5.78. The lowest BCUT2D eigenvalue weighted by Gasteiger charge is -2.73. The van der Waals surface area contributed by atoms with Crippen molar-refractivity contribution in [2.45, 2.75) is 143 Å². The van der Waals surface area contributed by atoms with E-state index in [4.69, 9.17) is 14.2 Å². The molecule has 1 aliphatic heterocycles. The maximum Gasteiger partial charge on any atom is 0.312 e. The third-order valence-electron chi connectivity index (χ3n) is 15.7. The SMILES string of the molecule is C=C(C)[C@@H]1CC[C@]2(C(=O)OC)CC[C@]3(C)[C@H](CC[C@@H]4[C@@]5(C)CC[C@H](O[C@@H]6O[C@H](CO)[C@@H](O)[C@H](O)[C@H]6O)C(C)(C)[C@@H]5CC[C@]43C)[C@@H]12. The number of allylic oxidation sites excluding steroid dienone is 1. The Balaban J connectivity index is 1.27. The molecule has 0 aromatic carbocycles. The average Bonchev–Trinajstić information content (AvgIpc) is 3.40. The molecule has 15 atom stereocenters. The van der Waals surface area contributed by atoms with Crippen molar-refractivity contribution in [3.05, 3.63) is 12.2 Å². The highest BCUT2D eigenvalue weighted by atomic mass is 16.7. The average molecular weight is 633 g/mol. The van der Waals surface area contributed by atoms with Crippen LogP contribution < -0.4 is 0 Å². The molecule has 5 aliphatic carbocycles. The largest absolute Gasteiger partial charge is 0.469 e. The lowest BCUT2D eigenvalue weighted by atomic mass is 9.32. The molecule has 1 saturated heterocycles. The number of fused-ring (bicyclic) bond motifs is 7. The van der Waals surface area contributed by atoms with E-state index in [1.165, 1.54) is 5.57 Å². The summed E-state index contributed by atoms with van der Waals surface area (Å²) in [5.41, 5.74) is 1.00. The van der Waals surface area contributed by atoms with Crippen molar-refractivity contribution in [2.75, 3.05) is 13.7 Å². The number of methoxy groups -OCH3 is 1. The zero-order valence-corrected chi connectivity index (χ0v) is 28.8. The first-order valence-electron chi connectivity index (χ1n) is 17.7. The first kappa shape index (κ1) is 33.9. The molecule has 6 rings (SSSR count). The number of carbonyl (C=O) groups is 1. The quantitative estimate of drug-likeness (QED) is 0.190. The molecule has 8 nitrogen and oxygen atoms in total. The maximum absolute atomic E-state index is 13.5. The normalized spacial score (nSPS) is 53.8. The molecular formula is C37H60O8. The number of hydrogen-bond donors (Lipinski definition) is 4. The second kappa shape index (κ2) is 11.3. The Morgan fingerprint density at radius 2 is 1.56 bits per heavy atom. The Kier molecular flexibility index (Phi) is 8.48. The minimum Gasteiger partial charge on any atom is -0.469 e. The van der Waals surface area contributed by atoms with Gasteiger partial charge in [-0.25, -0.2) is 0 Å². The summed E-state index contributed by atoms with van der Waals surface area (Å²) in [6.45, 7) is 18.4. The molecular weight excluding hydrogens is 572 g/mol. The van der Waals surface area contributed by atoms with E-state index in [2.05, 4.69) is 48.1 Å². The van der Waals surface area contributed by atoms with Crippen molar-refractivity contribution in [2.24, 2.45) is 56.7 Å². The molecule has 0 aromatic heterocycles. The maximum atomic E-state index is 13.5. The Labute approximate surface area is 270 Å². The summed E-state index contributed by atoms with van der Waals surface area (Å²) in [7, 11) is 1.57. The second-order valence-corrected chi connectivity index (χ2v) is 17.5. The molecule has 6 fully saturated rings. The van der Waals surface area contributed by atoms with E-state index in [1.807, 2.05) is 0 Å². The van der Waals surface area contributed by atoms with E-state index < -0.39 is 37.3 Å². The molecule has 1 heterocycles. The fourth-order valence-corrected chi connectivity index (χ4v) is 13.3. The number of ether oxygens (including phenoxy) is 3. The Morgan fingerprint density at radius 3 is 2.20 bits per heavy atom. The molecule has 0 bridgehead atoms. The molecule has 0 unspecified atom stereocenters. The summed E-state index contributed by atoms with van der Waals surface area (Å²) in [6.07, 6.45) is 3.75. The molecule has 4 N–H and O–H groups in total. The van der Waals surface area contributed by atoms with Crippen LogP contribution in [0.25, 0.3) is 0 Å². The summed E-state index contributed by atoms with van der Waals surface area (Å²) in [5, 5.41) is 41.1. The summed E-state index contributed by atoms with van der Waals surface area (Å²) >= 11 is 0. The lowest BCUT2D eigenvalue weighted by Crippen LogP contribution is -2.67. The fourth-order valence-electron chi connectivity index (χ4n) is 13.3. The van der Waals surface area contributed by atoms with Crippen LogP contribution in [-0.4, -0.2) is 76.9 Å². The zero-order valence-electron chi connectivity index (χ0n) is 28.8. The first-order valence-corrected chi connectivity index (χ1v) is 17.7. The summed E-state index contributed by atoms with van der Waals surface area (Å²) < 4.78 is 17.8. The molecule has 45 heavy (non-hydrogen) atoms. The number of carbonyl (C=O) groups excluding carboxylic acids is 1. The minimum absolute atomic E-state index is 0.000666. The van der Waals surface area contributed by atoms with Gasteiger partial charge in [0.05, 0.1) is 25.2 Å². The Hall–Kier alpha value is -1.03. The van der Waals surface area contributed by atoms with Gasteiger partial charge in [-0.2, -0.15) is 0 Å². The van der Waals surface area contributed by atoms with Crippen LogP contribution in [0.5, 0.6) is 0 Å². The second-order valence-electron chi connectivity index (χ2n) is 17.5. The molecule has 0 spiro atoms. The van der Waals surface area contributed by atoms with Crippen molar-refractivity contribution in [3.63, 3.8) is 0 Å². The number of hydrogen-bond acceptors (Lipinski definition) is 8. The van der Waals surface area contributed by atoms with Gasteiger partial charge in [-0.05, 0) is 122 Å². The van der Waals surface area contributed by atoms with Crippen LogP contribution >= 0.6 is 0 Å². The molecule has 0 amide bonds. The third-order valence-corrected chi connectivity index (χ3v) is 15.7. The standard InChI is InChI=1S/C37H60O8/c1-20(2)21-11-16-37(32(42)43-8)18-17-35(6)22(27(21)37)9-10-25-34(5)14-13-26(33(3,4)24(34)12-15-36(25,35)7)45-31-30(41)29(40)28(39)23(19-38)44-31/h21-31,38-41H,1,9-19H2,2-8H3/t21-,22+,23+,24-,25+,26-,27+,28+,29-,30+,31-,34-,35+,36+,37-/m0/s1. The van der Waals surface area contributed by atoms with Crippen LogP contribution in [0, 0.1) is 56.7 Å². The monoisotopic (exact) mass is 632 g/mol. The van der Waals surface area contributed by atoms with Gasteiger partial charge in [-0.3, -0.25) is 4.79 Å². The molecule has 6 aliphatic rings. The van der Waals surface area contributed by atoms with Gasteiger partial charge in [0.25, 0.3) is 0 Å². The first-order chi connectivity index (χ1) is 21.0. The van der Waals surface area contributed by atoms with Gasteiger partial charge < -0.3 is 34.6 Å². The lowest BCUT2D eigenvalue weighted by molar-refractivity contribution is -0.331. The van der Waals surface area contributed by atoms with Crippen LogP contribution in [0.4, 0.5) is 0 Å². The molecule has 5 saturated carbocycles. The van der Waals surface area contributed by atoms with E-state index in [1.54, 1.807) is 7.11 Å². The van der Waals surface area contributed by atoms with Crippen molar-refractivity contribution in [1.82, 2.24) is 0 Å². The Bertz CT molecular complexity index is 1170. The van der Waals surface area contributed by atoms with E-state index in [-0.39, 0.29) is 39.1 Å². The third kappa shape index (κ3) is 4.55. The smallest absolute Gasteiger partial charge is 0.312 e. The van der Waals surface area contributed by atoms with Crippen molar-refractivity contribution in [3.8, 4) is 0 Å². The summed E-state index contributed by atoms with van der Waals surface area (Å²) in [6, 6.07) is 0. The van der Waals surface area contributed by atoms with Gasteiger partial charge in [0.2, 0.25) is 0 Å². The summed E-state index contributed by atoms with van der Waals surface area (Å²) in [4.78, 5) is 13.5. The molecule has 8 heteroatoms. The van der Waals surface area contributed by atoms with Gasteiger partial charge >= 0.3 is 5.97 Å². The highest BCUT2D eigenvalue weighted by Crippen LogP contribution is 2.77. The predicted molar refractivity (Wildman–Crippen MR) is 170 cm³/mol. The van der Waals surface area contributed by atoms with Gasteiger partial charge in [0.1, 0.15) is 24.4 Å². The van der Waals surface area contributed by atoms with Crippen molar-refractivity contribution in [1.29, 1.82) is 0 Å². The van der Waals surface area contributed by atoms with E-state index in [9.17, 15) is 25.2 Å². The van der Waals surface area contributed by atoms with E-state index >= 15 is 0 Å². The van der Waals surface area contributed by atoms with Gasteiger partial charge in [-0.15, -0.1) is 0 Å². The predicted octanol–water partition coefficient (Wildman–Crippen LogP) is 5.00.